The summed E-state index contributed by atoms with van der Waals surface area (Å²) in [4.78, 5) is 14.0. The molecule has 5 nitrogen and oxygen atoms in total. The van der Waals surface area contributed by atoms with E-state index in [9.17, 15) is 18.0 Å². The Hall–Kier alpha value is -2.45. The number of halogens is 4. The van der Waals surface area contributed by atoms with Crippen LogP contribution in [0.4, 0.5) is 13.2 Å². The van der Waals surface area contributed by atoms with Gasteiger partial charge in [-0.2, -0.15) is 13.2 Å². The quantitative estimate of drug-likeness (QED) is 0.459. The molecule has 1 aromatic rings. The van der Waals surface area contributed by atoms with Gasteiger partial charge in [0.25, 0.3) is 5.91 Å². The van der Waals surface area contributed by atoms with Gasteiger partial charge in [-0.1, -0.05) is 30.3 Å². The van der Waals surface area contributed by atoms with Crippen LogP contribution in [0.5, 0.6) is 0 Å². The highest BCUT2D eigenvalue weighted by Crippen LogP contribution is 2.36. The summed E-state index contributed by atoms with van der Waals surface area (Å²) >= 11 is 5.84. The van der Waals surface area contributed by atoms with Crippen molar-refractivity contribution in [2.24, 2.45) is 11.6 Å². The molecule has 1 aromatic carbocycles. The van der Waals surface area contributed by atoms with E-state index in [1.807, 2.05) is 0 Å². The van der Waals surface area contributed by atoms with Crippen LogP contribution in [0.2, 0.25) is 5.02 Å². The van der Waals surface area contributed by atoms with Crippen LogP contribution in [0, 0.1) is 0 Å². The molecule has 27 heavy (non-hydrogen) atoms. The largest absolute Gasteiger partial charge is 0.417 e. The second-order valence-corrected chi connectivity index (χ2v) is 6.41. The van der Waals surface area contributed by atoms with Crippen molar-refractivity contribution in [3.8, 4) is 0 Å². The minimum Gasteiger partial charge on any atom is -0.399 e. The molecule has 1 amide bonds. The van der Waals surface area contributed by atoms with Gasteiger partial charge in [0, 0.05) is 24.4 Å². The first-order chi connectivity index (χ1) is 12.6. The number of allylic oxidation sites excluding steroid dienone is 3. The molecule has 146 valence electrons. The van der Waals surface area contributed by atoms with Crippen LogP contribution in [0.3, 0.4) is 0 Å². The molecule has 0 atom stereocenters. The van der Waals surface area contributed by atoms with Crippen molar-refractivity contribution in [3.05, 3.63) is 70.2 Å². The topological polar surface area (TPSA) is 75.6 Å². The first-order valence-electron chi connectivity index (χ1n) is 8.04. The standard InChI is InChI=1S/C18H20ClF3N4O/c1-3-5-11(2)26(24)15-8-9-25(10-14(15)23)17(27)12-6-4-7-13(16(12)19)18(20,21)22/h3-7H,1,8-10,23-24H2,2H3/b11-5+. The van der Waals surface area contributed by atoms with E-state index in [4.69, 9.17) is 23.2 Å². The summed E-state index contributed by atoms with van der Waals surface area (Å²) in [5.74, 6) is 5.41. The van der Waals surface area contributed by atoms with Gasteiger partial charge < -0.3 is 10.6 Å². The fourth-order valence-electron chi connectivity index (χ4n) is 2.78. The van der Waals surface area contributed by atoms with E-state index in [0.717, 1.165) is 12.1 Å². The number of hydrogen-bond acceptors (Lipinski definition) is 4. The van der Waals surface area contributed by atoms with Crippen LogP contribution in [-0.2, 0) is 6.18 Å². The van der Waals surface area contributed by atoms with Crippen LogP contribution in [0.1, 0.15) is 29.3 Å². The second kappa shape index (κ2) is 8.06. The zero-order valence-electron chi connectivity index (χ0n) is 14.7. The van der Waals surface area contributed by atoms with Gasteiger partial charge in [-0.15, -0.1) is 0 Å². The van der Waals surface area contributed by atoms with E-state index in [1.54, 1.807) is 19.1 Å². The van der Waals surface area contributed by atoms with E-state index >= 15 is 0 Å². The van der Waals surface area contributed by atoms with Crippen molar-refractivity contribution in [1.29, 1.82) is 0 Å². The van der Waals surface area contributed by atoms with Gasteiger partial charge in [0.1, 0.15) is 0 Å². The third-order valence-corrected chi connectivity index (χ3v) is 4.61. The molecule has 0 aromatic heterocycles. The lowest BCUT2D eigenvalue weighted by atomic mass is 10.1. The predicted octanol–water partition coefficient (Wildman–Crippen LogP) is 3.64. The molecule has 0 unspecified atom stereocenters. The first kappa shape index (κ1) is 20.9. The van der Waals surface area contributed by atoms with E-state index in [0.29, 0.717) is 23.5 Å². The number of alkyl halides is 3. The summed E-state index contributed by atoms with van der Waals surface area (Å²) in [5.41, 5.74) is 6.51. The highest BCUT2D eigenvalue weighted by molar-refractivity contribution is 6.34. The van der Waals surface area contributed by atoms with Gasteiger partial charge in [-0.05, 0) is 25.1 Å². The third-order valence-electron chi connectivity index (χ3n) is 4.20. The number of rotatable bonds is 4. The Balaban J connectivity index is 2.27. The van der Waals surface area contributed by atoms with Crippen LogP contribution >= 0.6 is 11.6 Å². The monoisotopic (exact) mass is 400 g/mol. The van der Waals surface area contributed by atoms with E-state index in [-0.39, 0.29) is 18.7 Å². The number of nitrogens with zero attached hydrogens (tertiary/aromatic N) is 2. The van der Waals surface area contributed by atoms with E-state index in [1.165, 1.54) is 16.0 Å². The zero-order chi connectivity index (χ0) is 20.4. The summed E-state index contributed by atoms with van der Waals surface area (Å²) in [7, 11) is 0. The average molecular weight is 401 g/mol. The van der Waals surface area contributed by atoms with Crippen molar-refractivity contribution < 1.29 is 18.0 Å². The van der Waals surface area contributed by atoms with E-state index in [2.05, 4.69) is 6.58 Å². The fraction of sp³-hybridized carbons (Fsp3) is 0.278. The third kappa shape index (κ3) is 4.45. The van der Waals surface area contributed by atoms with Crippen molar-refractivity contribution in [2.75, 3.05) is 13.1 Å². The molecule has 1 aliphatic heterocycles. The fourth-order valence-corrected chi connectivity index (χ4v) is 3.09. The maximum Gasteiger partial charge on any atom is 0.417 e. The Morgan fingerprint density at radius 3 is 2.63 bits per heavy atom. The molecule has 4 N–H and O–H groups in total. The number of carbonyl (C=O) groups excluding carboxylic acids is 1. The zero-order valence-corrected chi connectivity index (χ0v) is 15.4. The molecule has 0 saturated heterocycles. The number of nitrogens with two attached hydrogens (primary N) is 2. The summed E-state index contributed by atoms with van der Waals surface area (Å²) in [6.07, 6.45) is -0.996. The molecule has 2 rings (SSSR count). The smallest absolute Gasteiger partial charge is 0.399 e. The van der Waals surface area contributed by atoms with Crippen LogP contribution in [0.25, 0.3) is 0 Å². The first-order valence-corrected chi connectivity index (χ1v) is 8.42. The summed E-state index contributed by atoms with van der Waals surface area (Å²) in [5, 5.41) is 0.796. The molecule has 0 aliphatic carbocycles. The highest BCUT2D eigenvalue weighted by Gasteiger charge is 2.35. The molecule has 1 aliphatic rings. The Morgan fingerprint density at radius 2 is 2.07 bits per heavy atom. The number of carbonyl (C=O) groups is 1. The second-order valence-electron chi connectivity index (χ2n) is 6.03. The maximum absolute atomic E-state index is 13.0. The molecule has 0 spiro atoms. The minimum absolute atomic E-state index is 0.0375. The molecule has 1 heterocycles. The number of hydrazine groups is 1. The average Bonchev–Trinajstić information content (AvgIpc) is 2.60. The normalized spacial score (nSPS) is 15.8. The molecule has 0 saturated carbocycles. The lowest BCUT2D eigenvalue weighted by molar-refractivity contribution is -0.137. The van der Waals surface area contributed by atoms with Gasteiger partial charge >= 0.3 is 6.18 Å². The predicted molar refractivity (Wildman–Crippen MR) is 98.2 cm³/mol. The number of benzene rings is 1. The molecule has 0 fully saturated rings. The van der Waals surface area contributed by atoms with Gasteiger partial charge in [-0.3, -0.25) is 9.80 Å². The Bertz CT molecular complexity index is 817. The van der Waals surface area contributed by atoms with Gasteiger partial charge in [0.15, 0.2) is 0 Å². The van der Waals surface area contributed by atoms with Crippen molar-refractivity contribution in [1.82, 2.24) is 9.91 Å². The van der Waals surface area contributed by atoms with Crippen molar-refractivity contribution >= 4 is 17.5 Å². The molecular formula is C18H20ClF3N4O. The molecular weight excluding hydrogens is 381 g/mol. The lowest BCUT2D eigenvalue weighted by Gasteiger charge is -2.33. The minimum atomic E-state index is -4.64. The van der Waals surface area contributed by atoms with Crippen LogP contribution < -0.4 is 11.6 Å². The Kier molecular flexibility index (Phi) is 6.22. The molecule has 0 radical (unpaired) electrons. The van der Waals surface area contributed by atoms with Crippen molar-refractivity contribution in [3.63, 3.8) is 0 Å². The summed E-state index contributed by atoms with van der Waals surface area (Å²) in [6.45, 7) is 5.66. The Morgan fingerprint density at radius 1 is 1.41 bits per heavy atom. The molecule has 0 bridgehead atoms. The van der Waals surface area contributed by atoms with Gasteiger partial charge in [0.2, 0.25) is 0 Å². The SMILES string of the molecule is C=C/C=C(\C)N(N)C1=C(N)CN(C(=O)c2cccc(C(F)(F)F)c2Cl)CC1. The summed E-state index contributed by atoms with van der Waals surface area (Å²) < 4.78 is 39.0. The van der Waals surface area contributed by atoms with Crippen molar-refractivity contribution in [2.45, 2.75) is 19.5 Å². The number of hydrogen-bond donors (Lipinski definition) is 2. The van der Waals surface area contributed by atoms with Gasteiger partial charge in [-0.25, -0.2) is 5.84 Å². The van der Waals surface area contributed by atoms with E-state index < -0.39 is 22.7 Å². The lowest BCUT2D eigenvalue weighted by Crippen LogP contribution is -2.43. The highest BCUT2D eigenvalue weighted by atomic mass is 35.5. The van der Waals surface area contributed by atoms with Gasteiger partial charge in [0.05, 0.1) is 28.4 Å². The van der Waals surface area contributed by atoms with Crippen LogP contribution in [0.15, 0.2) is 54.0 Å². The maximum atomic E-state index is 13.0. The Labute approximate surface area is 160 Å². The summed E-state index contributed by atoms with van der Waals surface area (Å²) in [6, 6.07) is 3.26. The van der Waals surface area contributed by atoms with Crippen LogP contribution in [-0.4, -0.2) is 28.9 Å². The molecule has 9 heteroatoms. The number of amides is 1.